The van der Waals surface area contributed by atoms with Gasteiger partial charge < -0.3 is 10.2 Å². The van der Waals surface area contributed by atoms with Crippen molar-refractivity contribution < 1.29 is 4.79 Å². The van der Waals surface area contributed by atoms with Crippen molar-refractivity contribution in [1.82, 2.24) is 10.2 Å². The predicted octanol–water partition coefficient (Wildman–Crippen LogP) is 2.97. The van der Waals surface area contributed by atoms with Crippen molar-refractivity contribution in [1.29, 1.82) is 0 Å². The van der Waals surface area contributed by atoms with Crippen LogP contribution in [0.1, 0.15) is 35.2 Å². The van der Waals surface area contributed by atoms with Crippen LogP contribution < -0.4 is 5.32 Å². The second kappa shape index (κ2) is 5.63. The van der Waals surface area contributed by atoms with Crippen LogP contribution in [0.2, 0.25) is 0 Å². The summed E-state index contributed by atoms with van der Waals surface area (Å²) in [4.78, 5) is 14.5. The summed E-state index contributed by atoms with van der Waals surface area (Å²) in [6, 6.07) is 5.80. The molecule has 0 unspecified atom stereocenters. The number of nitrogens with zero attached hydrogens (tertiary/aromatic N) is 1. The topological polar surface area (TPSA) is 32.3 Å². The van der Waals surface area contributed by atoms with Crippen molar-refractivity contribution in [2.45, 2.75) is 31.7 Å². The first kappa shape index (κ1) is 14.5. The highest BCUT2D eigenvalue weighted by Gasteiger charge is 2.39. The molecule has 0 bridgehead atoms. The number of likely N-dealkylation sites (N-methyl/N-ethyl adjacent to an activating group) is 1. The van der Waals surface area contributed by atoms with Gasteiger partial charge in [-0.25, -0.2) is 0 Å². The molecule has 0 heterocycles. The van der Waals surface area contributed by atoms with Crippen LogP contribution in [-0.2, 0) is 0 Å². The van der Waals surface area contributed by atoms with E-state index in [2.05, 4.69) is 40.2 Å². The maximum Gasteiger partial charge on any atom is 0.251 e. The molecule has 0 spiro atoms. The Balaban J connectivity index is 2.03. The van der Waals surface area contributed by atoms with E-state index < -0.39 is 0 Å². The smallest absolute Gasteiger partial charge is 0.251 e. The quantitative estimate of drug-likeness (QED) is 0.923. The Hall–Kier alpha value is -0.870. The SMILES string of the molecule is Cc1ccc(Br)cc1C(=O)NCC1(N(C)C)CCC1. The van der Waals surface area contributed by atoms with Crippen molar-refractivity contribution in [3.05, 3.63) is 33.8 Å². The Morgan fingerprint density at radius 3 is 2.63 bits per heavy atom. The highest BCUT2D eigenvalue weighted by atomic mass is 79.9. The van der Waals surface area contributed by atoms with E-state index in [1.54, 1.807) is 0 Å². The van der Waals surface area contributed by atoms with Gasteiger partial charge in [0.1, 0.15) is 0 Å². The van der Waals surface area contributed by atoms with Gasteiger partial charge in [-0.15, -0.1) is 0 Å². The molecule has 1 aromatic carbocycles. The molecule has 19 heavy (non-hydrogen) atoms. The fourth-order valence-electron chi connectivity index (χ4n) is 2.55. The average Bonchev–Trinajstić information content (AvgIpc) is 2.30. The fourth-order valence-corrected chi connectivity index (χ4v) is 2.91. The Morgan fingerprint density at radius 2 is 2.11 bits per heavy atom. The Kier molecular flexibility index (Phi) is 4.31. The lowest BCUT2D eigenvalue weighted by Gasteiger charge is -2.47. The summed E-state index contributed by atoms with van der Waals surface area (Å²) in [7, 11) is 4.19. The summed E-state index contributed by atoms with van der Waals surface area (Å²) in [5.41, 5.74) is 1.92. The monoisotopic (exact) mass is 324 g/mol. The number of aryl methyl sites for hydroxylation is 1. The molecule has 4 heteroatoms. The molecule has 2 rings (SSSR count). The van der Waals surface area contributed by atoms with Crippen LogP contribution in [0.3, 0.4) is 0 Å². The second-order valence-electron chi connectivity index (χ2n) is 5.61. The molecule has 1 fully saturated rings. The van der Waals surface area contributed by atoms with E-state index in [-0.39, 0.29) is 11.4 Å². The van der Waals surface area contributed by atoms with Gasteiger partial charge in [0, 0.05) is 22.1 Å². The molecule has 0 radical (unpaired) electrons. The third-order valence-electron chi connectivity index (χ3n) is 4.26. The lowest BCUT2D eigenvalue weighted by Crippen LogP contribution is -2.57. The van der Waals surface area contributed by atoms with Crippen LogP contribution in [-0.4, -0.2) is 37.0 Å². The molecule has 3 nitrogen and oxygen atoms in total. The van der Waals surface area contributed by atoms with Crippen LogP contribution in [0, 0.1) is 6.92 Å². The second-order valence-corrected chi connectivity index (χ2v) is 6.53. The van der Waals surface area contributed by atoms with Gasteiger partial charge >= 0.3 is 0 Å². The summed E-state index contributed by atoms with van der Waals surface area (Å²) in [5, 5.41) is 3.09. The molecule has 104 valence electrons. The number of hydrogen-bond donors (Lipinski definition) is 1. The van der Waals surface area contributed by atoms with E-state index in [1.165, 1.54) is 6.42 Å². The molecule has 0 aromatic heterocycles. The van der Waals surface area contributed by atoms with Gasteiger partial charge in [0.05, 0.1) is 0 Å². The van der Waals surface area contributed by atoms with Gasteiger partial charge in [-0.2, -0.15) is 0 Å². The van der Waals surface area contributed by atoms with Crippen molar-refractivity contribution in [2.24, 2.45) is 0 Å². The molecule has 1 aliphatic carbocycles. The normalized spacial score (nSPS) is 17.1. The fraction of sp³-hybridized carbons (Fsp3) is 0.533. The third kappa shape index (κ3) is 3.00. The van der Waals surface area contributed by atoms with E-state index >= 15 is 0 Å². The van der Waals surface area contributed by atoms with Gasteiger partial charge in [-0.3, -0.25) is 4.79 Å². The summed E-state index contributed by atoms with van der Waals surface area (Å²) < 4.78 is 0.939. The first-order valence-electron chi connectivity index (χ1n) is 6.66. The standard InChI is InChI=1S/C15H21BrN2O/c1-11-5-6-12(16)9-13(11)14(19)17-10-15(18(2)3)7-4-8-15/h5-6,9H,4,7-8,10H2,1-3H3,(H,17,19). The van der Waals surface area contributed by atoms with E-state index in [0.29, 0.717) is 0 Å². The van der Waals surface area contributed by atoms with Gasteiger partial charge in [0.2, 0.25) is 0 Å². The number of amides is 1. The zero-order valence-corrected chi connectivity index (χ0v) is 13.4. The van der Waals surface area contributed by atoms with Crippen LogP contribution in [0.15, 0.2) is 22.7 Å². The number of hydrogen-bond acceptors (Lipinski definition) is 2. The average molecular weight is 325 g/mol. The predicted molar refractivity (Wildman–Crippen MR) is 81.5 cm³/mol. The first-order valence-corrected chi connectivity index (χ1v) is 7.46. The first-order chi connectivity index (χ1) is 8.94. The summed E-state index contributed by atoms with van der Waals surface area (Å²) in [6.07, 6.45) is 3.58. The molecule has 1 aromatic rings. The van der Waals surface area contributed by atoms with Crippen molar-refractivity contribution in [3.63, 3.8) is 0 Å². The van der Waals surface area contributed by atoms with Crippen molar-refractivity contribution in [2.75, 3.05) is 20.6 Å². The molecule has 0 saturated heterocycles. The maximum absolute atomic E-state index is 12.3. The van der Waals surface area contributed by atoms with Gasteiger partial charge in [-0.1, -0.05) is 22.0 Å². The number of carbonyl (C=O) groups excluding carboxylic acids is 1. The number of rotatable bonds is 4. The minimum absolute atomic E-state index is 0.0203. The van der Waals surface area contributed by atoms with Crippen molar-refractivity contribution in [3.8, 4) is 0 Å². The molecule has 0 aliphatic heterocycles. The van der Waals surface area contributed by atoms with E-state index in [9.17, 15) is 4.79 Å². The highest BCUT2D eigenvalue weighted by molar-refractivity contribution is 9.10. The van der Waals surface area contributed by atoms with Crippen LogP contribution >= 0.6 is 15.9 Å². The molecular weight excluding hydrogens is 304 g/mol. The number of benzene rings is 1. The van der Waals surface area contributed by atoms with E-state index in [0.717, 1.165) is 35.0 Å². The van der Waals surface area contributed by atoms with Crippen molar-refractivity contribution >= 4 is 21.8 Å². The zero-order valence-electron chi connectivity index (χ0n) is 11.8. The zero-order chi connectivity index (χ0) is 14.0. The third-order valence-corrected chi connectivity index (χ3v) is 4.75. The minimum atomic E-state index is 0.0203. The Morgan fingerprint density at radius 1 is 1.42 bits per heavy atom. The summed E-state index contributed by atoms with van der Waals surface area (Å²) in [6.45, 7) is 2.69. The summed E-state index contributed by atoms with van der Waals surface area (Å²) >= 11 is 3.42. The molecule has 0 atom stereocenters. The molecular formula is C15H21BrN2O. The number of carbonyl (C=O) groups is 1. The Labute approximate surface area is 123 Å². The summed E-state index contributed by atoms with van der Waals surface area (Å²) in [5.74, 6) is 0.0203. The van der Waals surface area contributed by atoms with E-state index in [4.69, 9.17) is 0 Å². The van der Waals surface area contributed by atoms with Crippen LogP contribution in [0.4, 0.5) is 0 Å². The van der Waals surface area contributed by atoms with Gasteiger partial charge in [0.15, 0.2) is 0 Å². The largest absolute Gasteiger partial charge is 0.350 e. The maximum atomic E-state index is 12.3. The molecule has 1 aliphatic rings. The molecule has 1 amide bonds. The highest BCUT2D eigenvalue weighted by Crippen LogP contribution is 2.35. The van der Waals surface area contributed by atoms with Crippen LogP contribution in [0.5, 0.6) is 0 Å². The van der Waals surface area contributed by atoms with E-state index in [1.807, 2.05) is 25.1 Å². The van der Waals surface area contributed by atoms with Gasteiger partial charge in [-0.05, 0) is 58.0 Å². The lowest BCUT2D eigenvalue weighted by atomic mass is 9.75. The Bertz CT molecular complexity index is 481. The minimum Gasteiger partial charge on any atom is -0.350 e. The van der Waals surface area contributed by atoms with Gasteiger partial charge in [0.25, 0.3) is 5.91 Å². The molecule has 1 saturated carbocycles. The number of halogens is 1. The van der Waals surface area contributed by atoms with Crippen LogP contribution in [0.25, 0.3) is 0 Å². The molecule has 1 N–H and O–H groups in total. The number of nitrogens with one attached hydrogen (secondary N) is 1. The lowest BCUT2D eigenvalue weighted by molar-refractivity contribution is 0.0557.